The van der Waals surface area contributed by atoms with Crippen LogP contribution in [0, 0.1) is 0 Å². The normalized spacial score (nSPS) is 13.0. The lowest BCUT2D eigenvalue weighted by Crippen LogP contribution is -2.37. The summed E-state index contributed by atoms with van der Waals surface area (Å²) in [5.74, 6) is 0.444. The molecule has 150 valence electrons. The van der Waals surface area contributed by atoms with Crippen LogP contribution in [-0.4, -0.2) is 59.5 Å². The molecule has 28 heavy (non-hydrogen) atoms. The van der Waals surface area contributed by atoms with Gasteiger partial charge in [-0.05, 0) is 31.2 Å². The number of esters is 1. The number of alkyl halides is 1. The van der Waals surface area contributed by atoms with Crippen LogP contribution in [-0.2, 0) is 22.4 Å². The molecule has 0 atom stereocenters. The fraction of sp³-hybridized carbons (Fsp3) is 0.421. The number of amides is 1. The zero-order valence-corrected chi connectivity index (χ0v) is 16.6. The molecule has 1 aliphatic rings. The van der Waals surface area contributed by atoms with E-state index in [4.69, 9.17) is 25.8 Å². The van der Waals surface area contributed by atoms with Crippen LogP contribution in [0.1, 0.15) is 28.7 Å². The van der Waals surface area contributed by atoms with Crippen LogP contribution in [0.4, 0.5) is 4.79 Å². The Morgan fingerprint density at radius 1 is 1.21 bits per heavy atom. The smallest absolute Gasteiger partial charge is 0.410 e. The van der Waals surface area contributed by atoms with Gasteiger partial charge in [-0.1, -0.05) is 0 Å². The highest BCUT2D eigenvalue weighted by Crippen LogP contribution is 2.27. The van der Waals surface area contributed by atoms with Gasteiger partial charge in [-0.3, -0.25) is 0 Å². The highest BCUT2D eigenvalue weighted by atomic mass is 35.5. The Morgan fingerprint density at radius 2 is 1.96 bits per heavy atom. The number of fused-ring (bicyclic) bond motifs is 1. The molecular weight excluding hydrogens is 386 g/mol. The largest absolute Gasteiger partial charge is 0.497 e. The second-order valence-electron chi connectivity index (χ2n) is 6.08. The maximum absolute atomic E-state index is 12.4. The Kier molecular flexibility index (Phi) is 6.41. The van der Waals surface area contributed by atoms with Gasteiger partial charge in [0.05, 0.1) is 37.5 Å². The molecule has 0 saturated carbocycles. The third kappa shape index (κ3) is 4.06. The number of aromatic nitrogens is 2. The number of hydrogen-bond acceptors (Lipinski definition) is 6. The van der Waals surface area contributed by atoms with Gasteiger partial charge in [-0.2, -0.15) is 5.10 Å². The van der Waals surface area contributed by atoms with Gasteiger partial charge in [0.2, 0.25) is 0 Å². The third-order valence-corrected chi connectivity index (χ3v) is 4.56. The van der Waals surface area contributed by atoms with E-state index >= 15 is 0 Å². The van der Waals surface area contributed by atoms with Gasteiger partial charge in [0, 0.05) is 18.5 Å². The Morgan fingerprint density at radius 3 is 2.61 bits per heavy atom. The SMILES string of the molecule is CCOC(=O)c1nn(-c2ccc(OC)cc2)c2c1CN(C(=O)OCCCl)CC2. The summed E-state index contributed by atoms with van der Waals surface area (Å²) in [6.07, 6.45) is 0.0716. The van der Waals surface area contributed by atoms with E-state index in [1.54, 1.807) is 18.7 Å². The average Bonchev–Trinajstić information content (AvgIpc) is 3.11. The Bertz CT molecular complexity index is 850. The van der Waals surface area contributed by atoms with Gasteiger partial charge in [-0.15, -0.1) is 11.6 Å². The highest BCUT2D eigenvalue weighted by molar-refractivity contribution is 6.18. The van der Waals surface area contributed by atoms with Crippen molar-refractivity contribution < 1.29 is 23.8 Å². The van der Waals surface area contributed by atoms with E-state index in [1.807, 2.05) is 24.3 Å². The van der Waals surface area contributed by atoms with Gasteiger partial charge < -0.3 is 19.1 Å². The van der Waals surface area contributed by atoms with E-state index in [9.17, 15) is 9.59 Å². The van der Waals surface area contributed by atoms with Gasteiger partial charge >= 0.3 is 12.1 Å². The fourth-order valence-corrected chi connectivity index (χ4v) is 3.17. The monoisotopic (exact) mass is 407 g/mol. The predicted octanol–water partition coefficient (Wildman–Crippen LogP) is 2.79. The lowest BCUT2D eigenvalue weighted by atomic mass is 10.1. The molecule has 0 radical (unpaired) electrons. The summed E-state index contributed by atoms with van der Waals surface area (Å²) < 4.78 is 17.2. The van der Waals surface area contributed by atoms with Crippen molar-refractivity contribution in [1.29, 1.82) is 0 Å². The standard InChI is InChI=1S/C19H22ClN3O5/c1-3-27-18(24)17-15-12-22(19(25)28-11-9-20)10-8-16(15)23(21-17)13-4-6-14(26-2)7-5-13/h4-7H,3,8-12H2,1-2H3. The van der Waals surface area contributed by atoms with Gasteiger partial charge in [0.25, 0.3) is 0 Å². The van der Waals surface area contributed by atoms with Crippen LogP contribution in [0.15, 0.2) is 24.3 Å². The van der Waals surface area contributed by atoms with E-state index in [-0.39, 0.29) is 31.3 Å². The van der Waals surface area contributed by atoms with Gasteiger partial charge in [-0.25, -0.2) is 14.3 Å². The van der Waals surface area contributed by atoms with Crippen LogP contribution in [0.25, 0.3) is 5.69 Å². The summed E-state index contributed by atoms with van der Waals surface area (Å²) in [4.78, 5) is 26.2. The van der Waals surface area contributed by atoms with Gasteiger partial charge in [0.15, 0.2) is 5.69 Å². The van der Waals surface area contributed by atoms with Crippen LogP contribution >= 0.6 is 11.6 Å². The molecule has 0 unspecified atom stereocenters. The second kappa shape index (κ2) is 8.97. The maximum Gasteiger partial charge on any atom is 0.410 e. The fourth-order valence-electron chi connectivity index (χ4n) is 3.09. The van der Waals surface area contributed by atoms with E-state index in [0.717, 1.165) is 17.1 Å². The molecule has 0 saturated heterocycles. The topological polar surface area (TPSA) is 82.9 Å². The summed E-state index contributed by atoms with van der Waals surface area (Å²) in [5, 5.41) is 4.49. The van der Waals surface area contributed by atoms with E-state index in [1.165, 1.54) is 4.90 Å². The number of hydrogen-bond donors (Lipinski definition) is 0. The maximum atomic E-state index is 12.4. The summed E-state index contributed by atoms with van der Waals surface area (Å²) in [5.41, 5.74) is 2.55. The first-order chi connectivity index (χ1) is 13.6. The summed E-state index contributed by atoms with van der Waals surface area (Å²) in [7, 11) is 1.60. The van der Waals surface area contributed by atoms with Crippen molar-refractivity contribution in [2.45, 2.75) is 19.9 Å². The molecule has 1 amide bonds. The zero-order valence-electron chi connectivity index (χ0n) is 15.8. The van der Waals surface area contributed by atoms with Crippen LogP contribution < -0.4 is 4.74 Å². The molecule has 9 heteroatoms. The number of carbonyl (C=O) groups is 2. The molecule has 0 fully saturated rings. The number of halogens is 1. The lowest BCUT2D eigenvalue weighted by Gasteiger charge is -2.27. The molecule has 1 aliphatic heterocycles. The molecule has 0 N–H and O–H groups in total. The number of carbonyl (C=O) groups excluding carboxylic acids is 2. The first-order valence-electron chi connectivity index (χ1n) is 8.99. The lowest BCUT2D eigenvalue weighted by molar-refractivity contribution is 0.0514. The average molecular weight is 408 g/mol. The van der Waals surface area contributed by atoms with Crippen molar-refractivity contribution in [3.8, 4) is 11.4 Å². The van der Waals surface area contributed by atoms with Crippen molar-refractivity contribution in [2.24, 2.45) is 0 Å². The van der Waals surface area contributed by atoms with Crippen LogP contribution in [0.2, 0.25) is 0 Å². The Balaban J connectivity index is 1.96. The summed E-state index contributed by atoms with van der Waals surface area (Å²) >= 11 is 5.58. The molecule has 0 bridgehead atoms. The highest BCUT2D eigenvalue weighted by Gasteiger charge is 2.31. The Labute approximate surface area is 167 Å². The van der Waals surface area contributed by atoms with E-state index in [2.05, 4.69) is 5.10 Å². The molecule has 1 aromatic heterocycles. The van der Waals surface area contributed by atoms with Crippen molar-refractivity contribution in [3.05, 3.63) is 41.2 Å². The first kappa shape index (κ1) is 20.0. The molecule has 1 aromatic carbocycles. The number of methoxy groups -OCH3 is 1. The van der Waals surface area contributed by atoms with Crippen LogP contribution in [0.3, 0.4) is 0 Å². The minimum Gasteiger partial charge on any atom is -0.497 e. The molecule has 2 aromatic rings. The molecule has 0 aliphatic carbocycles. The number of benzene rings is 1. The van der Waals surface area contributed by atoms with Crippen molar-refractivity contribution in [1.82, 2.24) is 14.7 Å². The molecular formula is C19H22ClN3O5. The summed E-state index contributed by atoms with van der Waals surface area (Å²) in [6, 6.07) is 7.38. The molecule has 8 nitrogen and oxygen atoms in total. The van der Waals surface area contributed by atoms with E-state index < -0.39 is 12.1 Å². The zero-order chi connectivity index (χ0) is 20.1. The van der Waals surface area contributed by atoms with Crippen molar-refractivity contribution in [2.75, 3.05) is 32.7 Å². The molecule has 3 rings (SSSR count). The number of rotatable bonds is 6. The third-order valence-electron chi connectivity index (χ3n) is 4.40. The van der Waals surface area contributed by atoms with Crippen molar-refractivity contribution >= 4 is 23.7 Å². The quantitative estimate of drug-likeness (QED) is 0.541. The number of ether oxygens (including phenoxy) is 3. The first-order valence-corrected chi connectivity index (χ1v) is 9.52. The van der Waals surface area contributed by atoms with Gasteiger partial charge in [0.1, 0.15) is 12.4 Å². The predicted molar refractivity (Wildman–Crippen MR) is 102 cm³/mol. The minimum absolute atomic E-state index is 0.138. The van der Waals surface area contributed by atoms with Crippen molar-refractivity contribution in [3.63, 3.8) is 0 Å². The Hall–Kier alpha value is -2.74. The van der Waals surface area contributed by atoms with E-state index in [0.29, 0.717) is 18.5 Å². The van der Waals surface area contributed by atoms with Crippen LogP contribution in [0.5, 0.6) is 5.75 Å². The molecule has 0 spiro atoms. The number of nitrogens with zero attached hydrogens (tertiary/aromatic N) is 3. The summed E-state index contributed by atoms with van der Waals surface area (Å²) in [6.45, 7) is 2.80. The molecule has 2 heterocycles. The second-order valence-corrected chi connectivity index (χ2v) is 6.46. The minimum atomic E-state index is -0.512.